The first kappa shape index (κ1) is 13.9. The summed E-state index contributed by atoms with van der Waals surface area (Å²) in [6.07, 6.45) is 0.907. The molecule has 1 unspecified atom stereocenters. The number of carbonyl (C=O) groups excluding carboxylic acids is 2. The van der Waals surface area contributed by atoms with Crippen LogP contribution < -0.4 is 5.73 Å². The van der Waals surface area contributed by atoms with Crippen molar-refractivity contribution in [3.8, 4) is 0 Å². The van der Waals surface area contributed by atoms with Crippen LogP contribution in [0.5, 0.6) is 0 Å². The van der Waals surface area contributed by atoms with Crippen LogP contribution in [0.15, 0.2) is 12.1 Å². The summed E-state index contributed by atoms with van der Waals surface area (Å²) in [5, 5.41) is 0. The van der Waals surface area contributed by atoms with Crippen LogP contribution in [0, 0.1) is 0 Å². The SMILES string of the molecule is CCOC(=O)C(N)CC(=O)c1ccc(CC)s1. The van der Waals surface area contributed by atoms with Gasteiger partial charge in [-0.2, -0.15) is 0 Å². The first-order valence-corrected chi connectivity index (χ1v) is 6.44. The second kappa shape index (κ2) is 6.51. The molecular formula is C12H17NO3S. The average Bonchev–Trinajstić information content (AvgIpc) is 2.77. The number of aryl methyl sites for hydroxylation is 1. The third kappa shape index (κ3) is 3.94. The predicted octanol–water partition coefficient (Wildman–Crippen LogP) is 1.77. The summed E-state index contributed by atoms with van der Waals surface area (Å²) < 4.78 is 4.75. The first-order chi connectivity index (χ1) is 8.08. The lowest BCUT2D eigenvalue weighted by Crippen LogP contribution is -2.34. The Morgan fingerprint density at radius 3 is 2.65 bits per heavy atom. The lowest BCUT2D eigenvalue weighted by atomic mass is 10.1. The number of carbonyl (C=O) groups is 2. The minimum Gasteiger partial charge on any atom is -0.465 e. The molecule has 4 nitrogen and oxygen atoms in total. The highest BCUT2D eigenvalue weighted by Crippen LogP contribution is 2.19. The van der Waals surface area contributed by atoms with Crippen molar-refractivity contribution in [3.63, 3.8) is 0 Å². The van der Waals surface area contributed by atoms with Gasteiger partial charge in [0, 0.05) is 11.3 Å². The summed E-state index contributed by atoms with van der Waals surface area (Å²) >= 11 is 1.45. The van der Waals surface area contributed by atoms with Crippen LogP contribution in [-0.2, 0) is 16.0 Å². The Hall–Kier alpha value is -1.20. The van der Waals surface area contributed by atoms with Gasteiger partial charge in [0.2, 0.25) is 0 Å². The highest BCUT2D eigenvalue weighted by atomic mass is 32.1. The Morgan fingerprint density at radius 1 is 1.41 bits per heavy atom. The van der Waals surface area contributed by atoms with Crippen LogP contribution in [0.2, 0.25) is 0 Å². The van der Waals surface area contributed by atoms with Crippen LogP contribution in [0.3, 0.4) is 0 Å². The summed E-state index contributed by atoms with van der Waals surface area (Å²) in [6.45, 7) is 4.02. The molecular weight excluding hydrogens is 238 g/mol. The largest absolute Gasteiger partial charge is 0.465 e. The molecule has 5 heteroatoms. The van der Waals surface area contributed by atoms with E-state index in [9.17, 15) is 9.59 Å². The molecule has 0 saturated carbocycles. The van der Waals surface area contributed by atoms with E-state index >= 15 is 0 Å². The molecule has 0 bridgehead atoms. The maximum atomic E-state index is 11.8. The zero-order chi connectivity index (χ0) is 12.8. The number of esters is 1. The van der Waals surface area contributed by atoms with Crippen molar-refractivity contribution < 1.29 is 14.3 Å². The fourth-order valence-corrected chi connectivity index (χ4v) is 2.25. The van der Waals surface area contributed by atoms with Gasteiger partial charge in [-0.15, -0.1) is 11.3 Å². The van der Waals surface area contributed by atoms with E-state index in [1.807, 2.05) is 13.0 Å². The molecule has 1 aromatic heterocycles. The second-order valence-electron chi connectivity index (χ2n) is 3.61. The molecule has 0 aliphatic heterocycles. The number of nitrogens with two attached hydrogens (primary N) is 1. The van der Waals surface area contributed by atoms with E-state index in [4.69, 9.17) is 10.5 Å². The highest BCUT2D eigenvalue weighted by Gasteiger charge is 2.20. The molecule has 2 N–H and O–H groups in total. The molecule has 0 aliphatic rings. The van der Waals surface area contributed by atoms with Gasteiger partial charge in [-0.25, -0.2) is 0 Å². The molecule has 0 aromatic carbocycles. The van der Waals surface area contributed by atoms with Crippen LogP contribution in [-0.4, -0.2) is 24.4 Å². The lowest BCUT2D eigenvalue weighted by molar-refractivity contribution is -0.144. The number of thiophene rings is 1. The van der Waals surface area contributed by atoms with E-state index in [0.717, 1.165) is 11.3 Å². The summed E-state index contributed by atoms with van der Waals surface area (Å²) in [4.78, 5) is 24.9. The summed E-state index contributed by atoms with van der Waals surface area (Å²) in [7, 11) is 0. The predicted molar refractivity (Wildman–Crippen MR) is 67.3 cm³/mol. The van der Waals surface area contributed by atoms with Gasteiger partial charge in [-0.05, 0) is 25.5 Å². The molecule has 1 aromatic rings. The Bertz CT molecular complexity index is 400. The van der Waals surface area contributed by atoms with Crippen LogP contribution >= 0.6 is 11.3 Å². The molecule has 0 spiro atoms. The minimum absolute atomic E-state index is 0.00248. The molecule has 0 saturated heterocycles. The number of rotatable bonds is 6. The third-order valence-corrected chi connectivity index (χ3v) is 3.55. The fourth-order valence-electron chi connectivity index (χ4n) is 1.35. The molecule has 17 heavy (non-hydrogen) atoms. The maximum Gasteiger partial charge on any atom is 0.323 e. The van der Waals surface area contributed by atoms with Crippen molar-refractivity contribution >= 4 is 23.1 Å². The van der Waals surface area contributed by atoms with Gasteiger partial charge < -0.3 is 10.5 Å². The Labute approximate surface area is 105 Å². The van der Waals surface area contributed by atoms with Gasteiger partial charge in [-0.1, -0.05) is 6.92 Å². The van der Waals surface area contributed by atoms with Crippen molar-refractivity contribution in [1.82, 2.24) is 0 Å². The second-order valence-corrected chi connectivity index (χ2v) is 4.77. The van der Waals surface area contributed by atoms with Gasteiger partial charge >= 0.3 is 5.97 Å². The van der Waals surface area contributed by atoms with E-state index in [1.165, 1.54) is 11.3 Å². The van der Waals surface area contributed by atoms with Crippen LogP contribution in [0.25, 0.3) is 0 Å². The summed E-state index contributed by atoms with van der Waals surface area (Å²) in [5.74, 6) is -0.622. The van der Waals surface area contributed by atoms with Gasteiger partial charge in [0.25, 0.3) is 0 Å². The molecule has 94 valence electrons. The molecule has 0 amide bonds. The summed E-state index contributed by atoms with van der Waals surface area (Å²) in [5.41, 5.74) is 5.59. The van der Waals surface area contributed by atoms with Crippen LogP contribution in [0.4, 0.5) is 0 Å². The number of hydrogen-bond donors (Lipinski definition) is 1. The smallest absolute Gasteiger partial charge is 0.323 e. The maximum absolute atomic E-state index is 11.8. The molecule has 0 fully saturated rings. The van der Waals surface area contributed by atoms with Crippen molar-refractivity contribution in [2.24, 2.45) is 5.73 Å². The van der Waals surface area contributed by atoms with Gasteiger partial charge in [0.05, 0.1) is 11.5 Å². The van der Waals surface area contributed by atoms with Crippen molar-refractivity contribution in [1.29, 1.82) is 0 Å². The van der Waals surface area contributed by atoms with Gasteiger partial charge in [-0.3, -0.25) is 9.59 Å². The highest BCUT2D eigenvalue weighted by molar-refractivity contribution is 7.14. The van der Waals surface area contributed by atoms with Gasteiger partial charge in [0.1, 0.15) is 6.04 Å². The molecule has 0 aliphatic carbocycles. The fraction of sp³-hybridized carbons (Fsp3) is 0.500. The monoisotopic (exact) mass is 255 g/mol. The zero-order valence-electron chi connectivity index (χ0n) is 10.1. The Morgan fingerprint density at radius 2 is 2.12 bits per heavy atom. The van der Waals surface area contributed by atoms with E-state index in [-0.39, 0.29) is 18.8 Å². The third-order valence-electron chi connectivity index (χ3n) is 2.28. The van der Waals surface area contributed by atoms with E-state index in [2.05, 4.69) is 0 Å². The quantitative estimate of drug-likeness (QED) is 0.621. The molecule has 0 radical (unpaired) electrons. The lowest BCUT2D eigenvalue weighted by Gasteiger charge is -2.08. The number of ether oxygens (including phenoxy) is 1. The topological polar surface area (TPSA) is 69.4 Å². The Balaban J connectivity index is 2.56. The van der Waals surface area contributed by atoms with Crippen LogP contribution in [0.1, 0.15) is 34.8 Å². The van der Waals surface area contributed by atoms with Crippen molar-refractivity contribution in [2.45, 2.75) is 32.7 Å². The number of Topliss-reactive ketones (excluding diaryl/α,β-unsaturated/α-hetero) is 1. The summed E-state index contributed by atoms with van der Waals surface area (Å²) in [6, 6.07) is 2.84. The normalized spacial score (nSPS) is 12.2. The number of ketones is 1. The standard InChI is InChI=1S/C12H17NO3S/c1-3-8-5-6-11(17-8)10(14)7-9(13)12(15)16-4-2/h5-6,9H,3-4,7,13H2,1-2H3. The Kier molecular flexibility index (Phi) is 5.31. The van der Waals surface area contributed by atoms with Gasteiger partial charge in [0.15, 0.2) is 5.78 Å². The van der Waals surface area contributed by atoms with Crippen molar-refractivity contribution in [3.05, 3.63) is 21.9 Å². The first-order valence-electron chi connectivity index (χ1n) is 5.62. The van der Waals surface area contributed by atoms with E-state index in [1.54, 1.807) is 13.0 Å². The van der Waals surface area contributed by atoms with E-state index < -0.39 is 12.0 Å². The molecule has 1 rings (SSSR count). The minimum atomic E-state index is -0.866. The zero-order valence-corrected chi connectivity index (χ0v) is 10.9. The molecule has 1 atom stereocenters. The number of hydrogen-bond acceptors (Lipinski definition) is 5. The molecule has 1 heterocycles. The van der Waals surface area contributed by atoms with E-state index in [0.29, 0.717) is 4.88 Å². The van der Waals surface area contributed by atoms with Crippen molar-refractivity contribution in [2.75, 3.05) is 6.61 Å². The average molecular weight is 255 g/mol.